The van der Waals surface area contributed by atoms with Crippen LogP contribution in [0.3, 0.4) is 0 Å². The topological polar surface area (TPSA) is 39.1 Å². The highest BCUT2D eigenvalue weighted by Gasteiger charge is 1.98. The fourth-order valence-corrected chi connectivity index (χ4v) is 1.78. The van der Waals surface area contributed by atoms with Gasteiger partial charge in [0, 0.05) is 26.4 Å². The maximum absolute atomic E-state index is 4.97. The molecule has 0 saturated carbocycles. The Hall–Kier alpha value is -1.13. The fraction of sp³-hybridized carbons (Fsp3) is 0.643. The van der Waals surface area contributed by atoms with Crippen molar-refractivity contribution in [3.8, 4) is 0 Å². The maximum Gasteiger partial charge on any atom is 0.0587 e. The van der Waals surface area contributed by atoms with E-state index in [9.17, 15) is 0 Å². The quantitative estimate of drug-likeness (QED) is 0.539. The summed E-state index contributed by atoms with van der Waals surface area (Å²) in [5, 5.41) is 7.61. The number of hydrogen-bond donors (Lipinski definition) is 1. The van der Waals surface area contributed by atoms with Crippen LogP contribution in [-0.2, 0) is 17.7 Å². The number of ether oxygens (including phenoxy) is 1. The van der Waals surface area contributed by atoms with Crippen LogP contribution in [0.1, 0.15) is 25.8 Å². The number of nitrogens with one attached hydrogen (secondary N) is 1. The highest BCUT2D eigenvalue weighted by atomic mass is 16.5. The van der Waals surface area contributed by atoms with Gasteiger partial charge in [-0.15, -0.1) is 0 Å². The van der Waals surface area contributed by atoms with E-state index in [4.69, 9.17) is 4.74 Å². The Morgan fingerprint density at radius 2 is 2.33 bits per heavy atom. The minimum Gasteiger partial charge on any atom is -0.383 e. The second-order valence-electron chi connectivity index (χ2n) is 4.46. The van der Waals surface area contributed by atoms with Crippen LogP contribution >= 0.6 is 0 Å². The van der Waals surface area contributed by atoms with Gasteiger partial charge in [-0.3, -0.25) is 4.68 Å². The number of allylic oxidation sites excluding steroid dienone is 1. The minimum atomic E-state index is 0.777. The zero-order valence-electron chi connectivity index (χ0n) is 11.8. The van der Waals surface area contributed by atoms with E-state index in [1.54, 1.807) is 7.11 Å². The molecule has 102 valence electrons. The predicted octanol–water partition coefficient (Wildman–Crippen LogP) is 2.02. The summed E-state index contributed by atoms with van der Waals surface area (Å²) in [5.41, 5.74) is 2.69. The van der Waals surface area contributed by atoms with Crippen molar-refractivity contribution in [3.05, 3.63) is 29.6 Å². The molecule has 18 heavy (non-hydrogen) atoms. The zero-order valence-corrected chi connectivity index (χ0v) is 11.8. The van der Waals surface area contributed by atoms with Gasteiger partial charge in [-0.1, -0.05) is 11.6 Å². The van der Waals surface area contributed by atoms with Crippen molar-refractivity contribution in [1.82, 2.24) is 15.1 Å². The second kappa shape index (κ2) is 8.89. The SMILES string of the molecule is CCn1cc(CC(C)=CCCNCCOC)cn1. The highest BCUT2D eigenvalue weighted by molar-refractivity contribution is 5.15. The molecule has 0 aliphatic rings. The van der Waals surface area contributed by atoms with Gasteiger partial charge in [-0.25, -0.2) is 0 Å². The third-order valence-electron chi connectivity index (χ3n) is 2.79. The minimum absolute atomic E-state index is 0.777. The van der Waals surface area contributed by atoms with Gasteiger partial charge in [0.05, 0.1) is 12.8 Å². The van der Waals surface area contributed by atoms with Crippen LogP contribution in [0.25, 0.3) is 0 Å². The van der Waals surface area contributed by atoms with Crippen LogP contribution in [0.4, 0.5) is 0 Å². The summed E-state index contributed by atoms with van der Waals surface area (Å²) in [6.45, 7) is 7.93. The highest BCUT2D eigenvalue weighted by Crippen LogP contribution is 2.07. The van der Waals surface area contributed by atoms with E-state index in [2.05, 4.69) is 36.5 Å². The Morgan fingerprint density at radius 1 is 1.50 bits per heavy atom. The van der Waals surface area contributed by atoms with Gasteiger partial charge in [-0.05, 0) is 38.8 Å². The lowest BCUT2D eigenvalue weighted by Gasteiger charge is -2.02. The molecule has 0 spiro atoms. The molecule has 0 bridgehead atoms. The molecule has 0 aliphatic heterocycles. The fourth-order valence-electron chi connectivity index (χ4n) is 1.78. The summed E-state index contributed by atoms with van der Waals surface area (Å²) in [6, 6.07) is 0. The van der Waals surface area contributed by atoms with Crippen LogP contribution in [0.2, 0.25) is 0 Å². The van der Waals surface area contributed by atoms with Gasteiger partial charge < -0.3 is 10.1 Å². The van der Waals surface area contributed by atoms with Crippen molar-refractivity contribution in [2.75, 3.05) is 26.8 Å². The Morgan fingerprint density at radius 3 is 3.00 bits per heavy atom. The van der Waals surface area contributed by atoms with Crippen molar-refractivity contribution in [2.24, 2.45) is 0 Å². The first-order valence-electron chi connectivity index (χ1n) is 6.63. The first kappa shape index (κ1) is 14.9. The van der Waals surface area contributed by atoms with E-state index in [1.165, 1.54) is 11.1 Å². The number of aromatic nitrogens is 2. The maximum atomic E-state index is 4.97. The molecule has 0 atom stereocenters. The van der Waals surface area contributed by atoms with Crippen LogP contribution in [0, 0.1) is 0 Å². The lowest BCUT2D eigenvalue weighted by molar-refractivity contribution is 0.199. The van der Waals surface area contributed by atoms with Crippen molar-refractivity contribution in [3.63, 3.8) is 0 Å². The monoisotopic (exact) mass is 251 g/mol. The van der Waals surface area contributed by atoms with Crippen molar-refractivity contribution >= 4 is 0 Å². The number of rotatable bonds is 9. The molecule has 1 heterocycles. The van der Waals surface area contributed by atoms with E-state index in [-0.39, 0.29) is 0 Å². The first-order valence-corrected chi connectivity index (χ1v) is 6.63. The molecule has 0 radical (unpaired) electrons. The van der Waals surface area contributed by atoms with Crippen molar-refractivity contribution in [2.45, 2.75) is 33.2 Å². The molecule has 1 aromatic rings. The molecule has 0 saturated heterocycles. The molecular formula is C14H25N3O. The van der Waals surface area contributed by atoms with Crippen LogP contribution in [0.5, 0.6) is 0 Å². The van der Waals surface area contributed by atoms with Crippen molar-refractivity contribution in [1.29, 1.82) is 0 Å². The van der Waals surface area contributed by atoms with Gasteiger partial charge in [-0.2, -0.15) is 5.10 Å². The molecule has 0 amide bonds. The van der Waals surface area contributed by atoms with Crippen LogP contribution in [0.15, 0.2) is 24.0 Å². The molecule has 1 aromatic heterocycles. The van der Waals surface area contributed by atoms with Crippen LogP contribution < -0.4 is 5.32 Å². The molecule has 0 aromatic carbocycles. The van der Waals surface area contributed by atoms with E-state index in [1.807, 2.05) is 10.9 Å². The molecule has 0 aliphatic carbocycles. The Labute approximate surface area is 110 Å². The lowest BCUT2D eigenvalue weighted by atomic mass is 10.1. The Bertz CT molecular complexity index is 358. The average molecular weight is 251 g/mol. The molecule has 0 fully saturated rings. The van der Waals surface area contributed by atoms with E-state index in [0.29, 0.717) is 0 Å². The summed E-state index contributed by atoms with van der Waals surface area (Å²) in [6.07, 6.45) is 8.43. The van der Waals surface area contributed by atoms with Gasteiger partial charge in [0.25, 0.3) is 0 Å². The first-order chi connectivity index (χ1) is 8.76. The van der Waals surface area contributed by atoms with Crippen LogP contribution in [-0.4, -0.2) is 36.6 Å². The molecule has 4 nitrogen and oxygen atoms in total. The molecule has 1 N–H and O–H groups in total. The Balaban J connectivity index is 2.20. The third kappa shape index (κ3) is 5.98. The number of methoxy groups -OCH3 is 1. The van der Waals surface area contributed by atoms with Crippen molar-refractivity contribution < 1.29 is 4.74 Å². The van der Waals surface area contributed by atoms with E-state index in [0.717, 1.165) is 39.1 Å². The van der Waals surface area contributed by atoms with Gasteiger partial charge in [0.2, 0.25) is 0 Å². The zero-order chi connectivity index (χ0) is 13.2. The number of aryl methyl sites for hydroxylation is 1. The summed E-state index contributed by atoms with van der Waals surface area (Å²) < 4.78 is 6.94. The van der Waals surface area contributed by atoms with Gasteiger partial charge in [0.15, 0.2) is 0 Å². The molecule has 0 unspecified atom stereocenters. The molecular weight excluding hydrogens is 226 g/mol. The third-order valence-corrected chi connectivity index (χ3v) is 2.79. The standard InChI is InChI=1S/C14H25N3O/c1-4-17-12-14(11-16-17)10-13(2)6-5-7-15-8-9-18-3/h6,11-12,15H,4-5,7-10H2,1-3H3. The van der Waals surface area contributed by atoms with E-state index < -0.39 is 0 Å². The number of nitrogens with zero attached hydrogens (tertiary/aromatic N) is 2. The summed E-state index contributed by atoms with van der Waals surface area (Å²) >= 11 is 0. The smallest absolute Gasteiger partial charge is 0.0587 e. The Kier molecular flexibility index (Phi) is 7.37. The second-order valence-corrected chi connectivity index (χ2v) is 4.46. The summed E-state index contributed by atoms with van der Waals surface area (Å²) in [4.78, 5) is 0. The van der Waals surface area contributed by atoms with Gasteiger partial charge >= 0.3 is 0 Å². The van der Waals surface area contributed by atoms with E-state index >= 15 is 0 Å². The van der Waals surface area contributed by atoms with Gasteiger partial charge in [0.1, 0.15) is 0 Å². The number of hydrogen-bond acceptors (Lipinski definition) is 3. The molecule has 4 heteroatoms. The average Bonchev–Trinajstić information content (AvgIpc) is 2.81. The summed E-state index contributed by atoms with van der Waals surface area (Å²) in [5.74, 6) is 0. The normalized spacial score (nSPS) is 12.1. The molecule has 1 rings (SSSR count). The predicted molar refractivity (Wildman–Crippen MR) is 74.7 cm³/mol. The largest absolute Gasteiger partial charge is 0.383 e. The lowest BCUT2D eigenvalue weighted by Crippen LogP contribution is -2.19. The summed E-state index contributed by atoms with van der Waals surface area (Å²) in [7, 11) is 1.72.